The maximum atomic E-state index is 2.45. The fourth-order valence-corrected chi connectivity index (χ4v) is 6.12. The zero-order valence-corrected chi connectivity index (χ0v) is 19.4. The molecule has 0 amide bonds. The highest BCUT2D eigenvalue weighted by Gasteiger charge is 2.18. The second-order valence-electron chi connectivity index (χ2n) is 9.47. The molecule has 0 radical (unpaired) electrons. The maximum absolute atomic E-state index is 2.45. The van der Waals surface area contributed by atoms with Gasteiger partial charge in [-0.05, 0) is 57.9 Å². The molecule has 8 aromatic rings. The van der Waals surface area contributed by atoms with Gasteiger partial charge in [-0.15, -0.1) is 0 Å². The summed E-state index contributed by atoms with van der Waals surface area (Å²) in [6, 6.07) is 42.2. The number of rotatable bonds is 1. The van der Waals surface area contributed by atoms with Gasteiger partial charge in [0.15, 0.2) is 0 Å². The summed E-state index contributed by atoms with van der Waals surface area (Å²) < 4.78 is 4.74. The van der Waals surface area contributed by atoms with Gasteiger partial charge in [-0.3, -0.25) is 0 Å². The molecule has 0 saturated carbocycles. The summed E-state index contributed by atoms with van der Waals surface area (Å²) in [5, 5.41) is 10.4. The largest absolute Gasteiger partial charge is 0.344 e. The summed E-state index contributed by atoms with van der Waals surface area (Å²) in [6.45, 7) is 0. The van der Waals surface area contributed by atoms with Crippen LogP contribution in [0.15, 0.2) is 115 Å². The summed E-state index contributed by atoms with van der Waals surface area (Å²) in [6.07, 6.45) is 0. The number of fused-ring (bicyclic) bond motifs is 10. The first-order valence-corrected chi connectivity index (χ1v) is 12.1. The molecule has 35 heavy (non-hydrogen) atoms. The Balaban J connectivity index is 1.59. The third kappa shape index (κ3) is 2.43. The van der Waals surface area contributed by atoms with E-state index in [1.54, 1.807) is 0 Å². The predicted molar refractivity (Wildman–Crippen MR) is 150 cm³/mol. The van der Waals surface area contributed by atoms with Gasteiger partial charge in [-0.2, -0.15) is 0 Å². The lowest BCUT2D eigenvalue weighted by Gasteiger charge is -2.09. The van der Waals surface area contributed by atoms with Gasteiger partial charge >= 0.3 is 0 Å². The third-order valence-electron chi connectivity index (χ3n) is 7.70. The Morgan fingerprint density at radius 3 is 1.60 bits per heavy atom. The minimum atomic E-state index is 1.19. The molecule has 0 aliphatic rings. The second kappa shape index (κ2) is 6.74. The molecule has 0 bridgehead atoms. The zero-order valence-electron chi connectivity index (χ0n) is 19.4. The van der Waals surface area contributed by atoms with Crippen molar-refractivity contribution in [2.24, 2.45) is 7.05 Å². The highest BCUT2D eigenvalue weighted by Crippen LogP contribution is 2.41. The van der Waals surface area contributed by atoms with Gasteiger partial charge in [0.25, 0.3) is 0 Å². The quantitative estimate of drug-likeness (QED) is 0.239. The Hall–Kier alpha value is -4.56. The van der Waals surface area contributed by atoms with Gasteiger partial charge in [0.2, 0.25) is 0 Å². The lowest BCUT2D eigenvalue weighted by Crippen LogP contribution is -1.94. The van der Waals surface area contributed by atoms with Gasteiger partial charge in [-0.1, -0.05) is 78.9 Å². The van der Waals surface area contributed by atoms with Gasteiger partial charge in [0.1, 0.15) is 0 Å². The predicted octanol–water partition coefficient (Wildman–Crippen LogP) is 8.73. The van der Waals surface area contributed by atoms with E-state index in [-0.39, 0.29) is 0 Å². The molecule has 0 aliphatic heterocycles. The molecule has 0 saturated heterocycles. The van der Waals surface area contributed by atoms with Crippen LogP contribution in [0.4, 0.5) is 0 Å². The van der Waals surface area contributed by atoms with E-state index in [9.17, 15) is 0 Å². The minimum Gasteiger partial charge on any atom is -0.344 e. The van der Waals surface area contributed by atoms with Crippen LogP contribution in [0.1, 0.15) is 0 Å². The standard InChI is InChI=1S/C33H22N2/c1-34-28-13-7-6-12-26(28)27-20-23(16-19-29(27)34)35-30-17-14-21-8-2-4-10-24(21)32(30)33-25-11-5-3-9-22(25)15-18-31(33)35/h2-20H,1H3. The van der Waals surface area contributed by atoms with Crippen molar-refractivity contribution in [1.82, 2.24) is 9.13 Å². The van der Waals surface area contributed by atoms with Crippen LogP contribution in [0.3, 0.4) is 0 Å². The van der Waals surface area contributed by atoms with E-state index in [1.807, 2.05) is 0 Å². The number of nitrogens with zero attached hydrogens (tertiary/aromatic N) is 2. The normalized spacial score (nSPS) is 12.1. The topological polar surface area (TPSA) is 9.86 Å². The molecule has 0 unspecified atom stereocenters. The van der Waals surface area contributed by atoms with Crippen LogP contribution in [0.2, 0.25) is 0 Å². The van der Waals surface area contributed by atoms with Crippen molar-refractivity contribution >= 4 is 65.2 Å². The molecule has 2 aromatic heterocycles. The van der Waals surface area contributed by atoms with Crippen molar-refractivity contribution < 1.29 is 0 Å². The van der Waals surface area contributed by atoms with E-state index in [2.05, 4.69) is 131 Å². The van der Waals surface area contributed by atoms with E-state index in [1.165, 1.54) is 70.8 Å². The molecule has 0 aliphatic carbocycles. The molecular formula is C33H22N2. The van der Waals surface area contributed by atoms with Crippen LogP contribution in [0.25, 0.3) is 70.8 Å². The molecular weight excluding hydrogens is 424 g/mol. The summed E-state index contributed by atoms with van der Waals surface area (Å²) in [4.78, 5) is 0. The Kier molecular flexibility index (Phi) is 3.62. The maximum Gasteiger partial charge on any atom is 0.0547 e. The van der Waals surface area contributed by atoms with Crippen LogP contribution in [0.5, 0.6) is 0 Å². The third-order valence-corrected chi connectivity index (χ3v) is 7.70. The van der Waals surface area contributed by atoms with Gasteiger partial charge in [0.05, 0.1) is 11.0 Å². The number of hydrogen-bond donors (Lipinski definition) is 0. The number of aryl methyl sites for hydroxylation is 1. The van der Waals surface area contributed by atoms with E-state index >= 15 is 0 Å². The first kappa shape index (κ1) is 18.8. The Labute approximate surface area is 202 Å². The SMILES string of the molecule is Cn1c2ccccc2c2cc(-n3c4ccc5ccccc5c4c4c5ccccc5ccc43)ccc21. The number of para-hydroxylation sites is 1. The van der Waals surface area contributed by atoms with Gasteiger partial charge < -0.3 is 9.13 Å². The fraction of sp³-hybridized carbons (Fsp3) is 0.0303. The molecule has 0 N–H and O–H groups in total. The van der Waals surface area contributed by atoms with Crippen molar-refractivity contribution in [3.05, 3.63) is 115 Å². The van der Waals surface area contributed by atoms with Crippen LogP contribution in [0, 0.1) is 0 Å². The second-order valence-corrected chi connectivity index (χ2v) is 9.47. The highest BCUT2D eigenvalue weighted by molar-refractivity contribution is 6.28. The van der Waals surface area contributed by atoms with Gasteiger partial charge in [-0.25, -0.2) is 0 Å². The van der Waals surface area contributed by atoms with Crippen LogP contribution < -0.4 is 0 Å². The molecule has 0 fully saturated rings. The fourth-order valence-electron chi connectivity index (χ4n) is 6.12. The molecule has 0 spiro atoms. The average Bonchev–Trinajstić information content (AvgIpc) is 3.41. The molecule has 2 heterocycles. The zero-order chi connectivity index (χ0) is 23.1. The highest BCUT2D eigenvalue weighted by atomic mass is 15.0. The molecule has 2 heteroatoms. The summed E-state index contributed by atoms with van der Waals surface area (Å²) in [5.74, 6) is 0. The van der Waals surface area contributed by atoms with E-state index in [0.29, 0.717) is 0 Å². The lowest BCUT2D eigenvalue weighted by atomic mass is 10.00. The Bertz CT molecular complexity index is 2030. The smallest absolute Gasteiger partial charge is 0.0547 e. The minimum absolute atomic E-state index is 1.19. The summed E-state index contributed by atoms with van der Waals surface area (Å²) >= 11 is 0. The van der Waals surface area contributed by atoms with Crippen molar-refractivity contribution in [3.8, 4) is 5.69 Å². The summed E-state index contributed by atoms with van der Waals surface area (Å²) in [7, 11) is 2.16. The van der Waals surface area contributed by atoms with Crippen LogP contribution in [-0.4, -0.2) is 9.13 Å². The van der Waals surface area contributed by atoms with Crippen LogP contribution in [-0.2, 0) is 7.05 Å². The van der Waals surface area contributed by atoms with Crippen molar-refractivity contribution in [2.75, 3.05) is 0 Å². The number of hydrogen-bond acceptors (Lipinski definition) is 0. The van der Waals surface area contributed by atoms with Crippen LogP contribution >= 0.6 is 0 Å². The first-order chi connectivity index (χ1) is 17.3. The number of benzene rings is 6. The van der Waals surface area contributed by atoms with E-state index < -0.39 is 0 Å². The number of aromatic nitrogens is 2. The molecule has 164 valence electrons. The Morgan fingerprint density at radius 2 is 0.943 bits per heavy atom. The molecule has 2 nitrogen and oxygen atoms in total. The molecule has 0 atom stereocenters. The average molecular weight is 447 g/mol. The lowest BCUT2D eigenvalue weighted by molar-refractivity contribution is 1.01. The summed E-state index contributed by atoms with van der Waals surface area (Å²) in [5.41, 5.74) is 6.20. The van der Waals surface area contributed by atoms with Gasteiger partial charge in [0, 0.05) is 45.3 Å². The van der Waals surface area contributed by atoms with E-state index in [0.717, 1.165) is 0 Å². The van der Waals surface area contributed by atoms with Crippen molar-refractivity contribution in [3.63, 3.8) is 0 Å². The Morgan fingerprint density at radius 1 is 0.429 bits per heavy atom. The molecule has 6 aromatic carbocycles. The van der Waals surface area contributed by atoms with Crippen molar-refractivity contribution in [2.45, 2.75) is 0 Å². The van der Waals surface area contributed by atoms with Crippen molar-refractivity contribution in [1.29, 1.82) is 0 Å². The first-order valence-electron chi connectivity index (χ1n) is 12.1. The van der Waals surface area contributed by atoms with E-state index in [4.69, 9.17) is 0 Å². The monoisotopic (exact) mass is 446 g/mol. The molecule has 8 rings (SSSR count).